The minimum Gasteiger partial charge on any atom is -0.345 e. The first kappa shape index (κ1) is 18.0. The summed E-state index contributed by atoms with van der Waals surface area (Å²) in [5.74, 6) is -4.67. The molecule has 0 saturated heterocycles. The number of aromatic nitrogens is 2. The second-order valence-corrected chi connectivity index (χ2v) is 6.10. The van der Waals surface area contributed by atoms with Crippen LogP contribution in [0.25, 0.3) is 11.3 Å². The summed E-state index contributed by atoms with van der Waals surface area (Å²) in [5, 5.41) is 9.77. The smallest absolute Gasteiger partial charge is 0.255 e. The summed E-state index contributed by atoms with van der Waals surface area (Å²) in [6.45, 7) is 1.53. The molecule has 8 heteroatoms. The Balaban J connectivity index is 1.83. The maximum atomic E-state index is 13.4. The van der Waals surface area contributed by atoms with E-state index >= 15 is 0 Å². The van der Waals surface area contributed by atoms with Gasteiger partial charge in [-0.3, -0.25) is 9.89 Å². The van der Waals surface area contributed by atoms with E-state index in [4.69, 9.17) is 11.6 Å². The van der Waals surface area contributed by atoms with E-state index in [1.807, 2.05) is 0 Å². The van der Waals surface area contributed by atoms with Crippen LogP contribution in [0.1, 0.15) is 28.9 Å². The zero-order valence-electron chi connectivity index (χ0n) is 13.5. The maximum absolute atomic E-state index is 13.4. The van der Waals surface area contributed by atoms with Crippen molar-refractivity contribution in [1.29, 1.82) is 0 Å². The van der Waals surface area contributed by atoms with Crippen molar-refractivity contribution >= 4 is 17.5 Å². The van der Waals surface area contributed by atoms with Crippen molar-refractivity contribution in [2.45, 2.75) is 13.0 Å². The molecule has 4 nitrogen and oxygen atoms in total. The highest BCUT2D eigenvalue weighted by Crippen LogP contribution is 2.24. The van der Waals surface area contributed by atoms with Crippen molar-refractivity contribution in [3.63, 3.8) is 0 Å². The van der Waals surface area contributed by atoms with Gasteiger partial charge in [-0.15, -0.1) is 0 Å². The number of hydrogen-bond acceptors (Lipinski definition) is 2. The zero-order chi connectivity index (χ0) is 18.8. The highest BCUT2D eigenvalue weighted by atomic mass is 35.5. The van der Waals surface area contributed by atoms with Crippen LogP contribution in [0.4, 0.5) is 13.2 Å². The van der Waals surface area contributed by atoms with Crippen LogP contribution in [0.5, 0.6) is 0 Å². The minimum atomic E-state index is -1.55. The molecule has 1 heterocycles. The fourth-order valence-corrected chi connectivity index (χ4v) is 2.60. The lowest BCUT2D eigenvalue weighted by atomic mass is 10.1. The summed E-state index contributed by atoms with van der Waals surface area (Å²) < 4.78 is 39.8. The Hall–Kier alpha value is -2.80. The van der Waals surface area contributed by atoms with Gasteiger partial charge < -0.3 is 5.32 Å². The lowest BCUT2D eigenvalue weighted by Crippen LogP contribution is -2.27. The molecule has 1 aromatic heterocycles. The van der Waals surface area contributed by atoms with Gasteiger partial charge in [0, 0.05) is 10.6 Å². The predicted molar refractivity (Wildman–Crippen MR) is 91.2 cm³/mol. The van der Waals surface area contributed by atoms with Gasteiger partial charge in [0.15, 0.2) is 17.5 Å². The van der Waals surface area contributed by atoms with E-state index in [1.165, 1.54) is 13.1 Å². The van der Waals surface area contributed by atoms with Crippen LogP contribution in [0.2, 0.25) is 5.02 Å². The molecule has 1 amide bonds. The molecule has 0 fully saturated rings. The first-order chi connectivity index (χ1) is 12.4. The molecule has 3 rings (SSSR count). The number of hydrogen-bond donors (Lipinski definition) is 2. The molecule has 1 atom stereocenters. The van der Waals surface area contributed by atoms with Gasteiger partial charge in [0.05, 0.1) is 23.5 Å². The van der Waals surface area contributed by atoms with E-state index < -0.39 is 29.4 Å². The average molecular weight is 380 g/mol. The van der Waals surface area contributed by atoms with Gasteiger partial charge >= 0.3 is 0 Å². The number of aromatic amines is 1. The molecule has 2 N–H and O–H groups in total. The highest BCUT2D eigenvalue weighted by Gasteiger charge is 2.20. The largest absolute Gasteiger partial charge is 0.345 e. The van der Waals surface area contributed by atoms with E-state index in [2.05, 4.69) is 15.5 Å². The first-order valence-corrected chi connectivity index (χ1v) is 7.99. The fraction of sp³-hybridized carbons (Fsp3) is 0.111. The summed E-state index contributed by atoms with van der Waals surface area (Å²) in [6, 6.07) is 7.73. The Kier molecular flexibility index (Phi) is 4.99. The van der Waals surface area contributed by atoms with Gasteiger partial charge in [-0.25, -0.2) is 13.2 Å². The van der Waals surface area contributed by atoms with Gasteiger partial charge in [0.25, 0.3) is 5.91 Å². The Morgan fingerprint density at radius 3 is 2.38 bits per heavy atom. The first-order valence-electron chi connectivity index (χ1n) is 7.61. The standard InChI is InChI=1S/C18H13ClF3N3O/c1-9(11-6-14(20)16(22)15(21)7-11)24-18(26)13-8-23-25-17(13)10-2-4-12(19)5-3-10/h2-9H,1H3,(H,23,25)(H,24,26). The van der Waals surface area contributed by atoms with Crippen molar-refractivity contribution < 1.29 is 18.0 Å². The number of amides is 1. The molecule has 0 bridgehead atoms. The van der Waals surface area contributed by atoms with E-state index in [-0.39, 0.29) is 11.1 Å². The predicted octanol–water partition coefficient (Wildman–Crippen LogP) is 4.64. The third-order valence-electron chi connectivity index (χ3n) is 3.87. The van der Waals surface area contributed by atoms with E-state index in [9.17, 15) is 18.0 Å². The maximum Gasteiger partial charge on any atom is 0.255 e. The van der Waals surface area contributed by atoms with E-state index in [0.29, 0.717) is 16.3 Å². The molecule has 26 heavy (non-hydrogen) atoms. The molecule has 2 aromatic carbocycles. The Morgan fingerprint density at radius 1 is 1.15 bits per heavy atom. The van der Waals surface area contributed by atoms with Gasteiger partial charge in [-0.1, -0.05) is 23.7 Å². The zero-order valence-corrected chi connectivity index (χ0v) is 14.2. The Labute approximate surface area is 152 Å². The Morgan fingerprint density at radius 2 is 1.77 bits per heavy atom. The normalized spacial score (nSPS) is 12.0. The quantitative estimate of drug-likeness (QED) is 0.649. The summed E-state index contributed by atoms with van der Waals surface area (Å²) >= 11 is 5.86. The number of benzene rings is 2. The molecule has 3 aromatic rings. The average Bonchev–Trinajstić information content (AvgIpc) is 3.09. The number of nitrogens with one attached hydrogen (secondary N) is 2. The molecular weight excluding hydrogens is 367 g/mol. The molecule has 1 unspecified atom stereocenters. The molecular formula is C18H13ClF3N3O. The van der Waals surface area contributed by atoms with E-state index in [1.54, 1.807) is 24.3 Å². The molecule has 0 radical (unpaired) electrons. The summed E-state index contributed by atoms with van der Waals surface area (Å²) in [7, 11) is 0. The van der Waals surface area contributed by atoms with Crippen molar-refractivity contribution in [2.24, 2.45) is 0 Å². The van der Waals surface area contributed by atoms with Gasteiger partial charge in [-0.2, -0.15) is 5.10 Å². The van der Waals surface area contributed by atoms with Crippen LogP contribution in [-0.4, -0.2) is 16.1 Å². The lowest BCUT2D eigenvalue weighted by Gasteiger charge is -2.15. The fourth-order valence-electron chi connectivity index (χ4n) is 2.48. The lowest BCUT2D eigenvalue weighted by molar-refractivity contribution is 0.0940. The molecule has 0 aliphatic carbocycles. The van der Waals surface area contributed by atoms with Crippen molar-refractivity contribution in [3.05, 3.63) is 76.2 Å². The van der Waals surface area contributed by atoms with Crippen LogP contribution >= 0.6 is 11.6 Å². The monoisotopic (exact) mass is 379 g/mol. The number of halogens is 4. The molecule has 0 aliphatic heterocycles. The number of rotatable bonds is 4. The molecule has 0 spiro atoms. The summed E-state index contributed by atoms with van der Waals surface area (Å²) in [6.07, 6.45) is 1.35. The summed E-state index contributed by atoms with van der Waals surface area (Å²) in [5.41, 5.74) is 1.53. The summed E-state index contributed by atoms with van der Waals surface area (Å²) in [4.78, 5) is 12.5. The van der Waals surface area contributed by atoms with Crippen LogP contribution in [0, 0.1) is 17.5 Å². The van der Waals surface area contributed by atoms with Crippen molar-refractivity contribution in [2.75, 3.05) is 0 Å². The molecule has 134 valence electrons. The van der Waals surface area contributed by atoms with Gasteiger partial charge in [0.2, 0.25) is 0 Å². The number of carbonyl (C=O) groups excluding carboxylic acids is 1. The highest BCUT2D eigenvalue weighted by molar-refractivity contribution is 6.30. The van der Waals surface area contributed by atoms with Gasteiger partial charge in [0.1, 0.15) is 0 Å². The molecule has 0 saturated carbocycles. The minimum absolute atomic E-state index is 0.103. The van der Waals surface area contributed by atoms with Gasteiger partial charge in [-0.05, 0) is 36.8 Å². The van der Waals surface area contributed by atoms with Crippen LogP contribution in [0.3, 0.4) is 0 Å². The number of nitrogens with zero attached hydrogens (tertiary/aromatic N) is 1. The third-order valence-corrected chi connectivity index (χ3v) is 4.12. The van der Waals surface area contributed by atoms with Crippen molar-refractivity contribution in [3.8, 4) is 11.3 Å². The SMILES string of the molecule is CC(NC(=O)c1cn[nH]c1-c1ccc(Cl)cc1)c1cc(F)c(F)c(F)c1. The van der Waals surface area contributed by atoms with Crippen LogP contribution < -0.4 is 5.32 Å². The second-order valence-electron chi connectivity index (χ2n) is 5.66. The topological polar surface area (TPSA) is 57.8 Å². The number of H-pyrrole nitrogens is 1. The number of carbonyl (C=O) groups is 1. The third kappa shape index (κ3) is 3.57. The molecule has 0 aliphatic rings. The Bertz CT molecular complexity index is 934. The van der Waals surface area contributed by atoms with Crippen LogP contribution in [-0.2, 0) is 0 Å². The van der Waals surface area contributed by atoms with E-state index in [0.717, 1.165) is 12.1 Å². The van der Waals surface area contributed by atoms with Crippen LogP contribution in [0.15, 0.2) is 42.6 Å². The second kappa shape index (κ2) is 7.21. The van der Waals surface area contributed by atoms with Crippen molar-refractivity contribution in [1.82, 2.24) is 15.5 Å².